The fourth-order valence-electron chi connectivity index (χ4n) is 4.10. The Balaban J connectivity index is 1.65. The number of nitrogens with one attached hydrogen (secondary N) is 3. The molecule has 0 saturated heterocycles. The first-order valence-corrected chi connectivity index (χ1v) is 10.3. The lowest BCUT2D eigenvalue weighted by Crippen LogP contribution is -2.34. The van der Waals surface area contributed by atoms with Crippen molar-refractivity contribution in [2.75, 3.05) is 24.2 Å². The number of carbonyl (C=O) groups excluding carboxylic acids is 1. The Morgan fingerprint density at radius 1 is 1.31 bits per heavy atom. The molecular formula is C22H23Cl2N3O2. The normalized spacial score (nSPS) is 19.4. The van der Waals surface area contributed by atoms with Gasteiger partial charge in [0.05, 0.1) is 22.0 Å². The van der Waals surface area contributed by atoms with E-state index in [4.69, 9.17) is 27.9 Å². The molecule has 0 aromatic heterocycles. The number of carbonyl (C=O) groups is 1. The van der Waals surface area contributed by atoms with Crippen molar-refractivity contribution in [3.8, 4) is 11.5 Å². The van der Waals surface area contributed by atoms with Crippen LogP contribution in [-0.2, 0) is 16.6 Å². The van der Waals surface area contributed by atoms with E-state index in [2.05, 4.69) is 22.5 Å². The van der Waals surface area contributed by atoms with Crippen LogP contribution < -0.4 is 20.7 Å². The lowest BCUT2D eigenvalue weighted by molar-refractivity contribution is -0.120. The van der Waals surface area contributed by atoms with E-state index in [0.717, 1.165) is 47.5 Å². The van der Waals surface area contributed by atoms with Crippen LogP contribution in [0.4, 0.5) is 11.4 Å². The first-order valence-electron chi connectivity index (χ1n) is 9.57. The van der Waals surface area contributed by atoms with Gasteiger partial charge in [0.15, 0.2) is 5.75 Å². The summed E-state index contributed by atoms with van der Waals surface area (Å²) in [5, 5.41) is 10.0. The van der Waals surface area contributed by atoms with Crippen molar-refractivity contribution in [1.29, 1.82) is 0 Å². The summed E-state index contributed by atoms with van der Waals surface area (Å²) in [5.41, 5.74) is 4.10. The molecule has 1 aliphatic carbocycles. The van der Waals surface area contributed by atoms with E-state index in [0.29, 0.717) is 28.1 Å². The van der Waals surface area contributed by atoms with Crippen LogP contribution in [0.2, 0.25) is 10.0 Å². The number of benzene rings is 2. The molecule has 0 spiro atoms. The topological polar surface area (TPSA) is 62.4 Å². The van der Waals surface area contributed by atoms with E-state index in [-0.39, 0.29) is 5.91 Å². The molecule has 4 rings (SSSR count). The number of likely N-dealkylation sites (N-methyl/N-ethyl adjacent to an activating group) is 1. The first-order chi connectivity index (χ1) is 13.8. The number of rotatable bonds is 6. The van der Waals surface area contributed by atoms with Gasteiger partial charge in [0.25, 0.3) is 0 Å². The highest BCUT2D eigenvalue weighted by atomic mass is 35.5. The number of halogens is 2. The highest BCUT2D eigenvalue weighted by Gasteiger charge is 2.46. The molecule has 29 heavy (non-hydrogen) atoms. The predicted octanol–water partition coefficient (Wildman–Crippen LogP) is 5.48. The van der Waals surface area contributed by atoms with E-state index in [1.54, 1.807) is 12.1 Å². The average molecular weight is 432 g/mol. The van der Waals surface area contributed by atoms with Gasteiger partial charge in [-0.25, -0.2) is 0 Å². The van der Waals surface area contributed by atoms with Gasteiger partial charge in [-0.3, -0.25) is 4.79 Å². The van der Waals surface area contributed by atoms with Gasteiger partial charge in [0.2, 0.25) is 5.91 Å². The second kappa shape index (κ2) is 7.47. The number of hydrogen-bond donors (Lipinski definition) is 3. The summed E-state index contributed by atoms with van der Waals surface area (Å²) in [6, 6.07) is 7.32. The van der Waals surface area contributed by atoms with Crippen molar-refractivity contribution in [1.82, 2.24) is 5.32 Å². The minimum atomic E-state index is -0.501. The zero-order chi connectivity index (χ0) is 20.8. The highest BCUT2D eigenvalue weighted by Crippen LogP contribution is 2.50. The number of hydrogen-bond acceptors (Lipinski definition) is 4. The summed E-state index contributed by atoms with van der Waals surface area (Å²) in [6.07, 6.45) is 2.61. The minimum Gasteiger partial charge on any atom is -0.454 e. The SMILES string of the molecule is C=C(CNc1cc(Cl)c(Oc2ccc3c4c2CCCC4(C)C(=O)N3)c(Cl)c1)NC. The van der Waals surface area contributed by atoms with Crippen molar-refractivity contribution in [3.05, 3.63) is 57.7 Å². The van der Waals surface area contributed by atoms with Gasteiger partial charge >= 0.3 is 0 Å². The van der Waals surface area contributed by atoms with Gasteiger partial charge in [0, 0.05) is 29.7 Å². The molecule has 2 aromatic carbocycles. The van der Waals surface area contributed by atoms with Crippen molar-refractivity contribution < 1.29 is 9.53 Å². The second-order valence-corrected chi connectivity index (χ2v) is 8.50. The molecule has 1 amide bonds. The zero-order valence-corrected chi connectivity index (χ0v) is 17.9. The van der Waals surface area contributed by atoms with Crippen molar-refractivity contribution >= 4 is 40.5 Å². The Morgan fingerprint density at radius 2 is 2.03 bits per heavy atom. The Labute approximate surface area is 180 Å². The molecule has 7 heteroatoms. The maximum atomic E-state index is 12.5. The summed E-state index contributed by atoms with van der Waals surface area (Å²) in [5.74, 6) is 1.16. The molecule has 1 atom stereocenters. The van der Waals surface area contributed by atoms with E-state index in [1.165, 1.54) is 0 Å². The number of anilines is 2. The molecule has 2 aliphatic rings. The van der Waals surface area contributed by atoms with Gasteiger partial charge in [0.1, 0.15) is 5.75 Å². The molecule has 0 radical (unpaired) electrons. The van der Waals surface area contributed by atoms with E-state index >= 15 is 0 Å². The Bertz CT molecular complexity index is 998. The third-order valence-electron chi connectivity index (χ3n) is 5.74. The smallest absolute Gasteiger partial charge is 0.234 e. The first kappa shape index (κ1) is 19.9. The second-order valence-electron chi connectivity index (χ2n) is 7.68. The summed E-state index contributed by atoms with van der Waals surface area (Å²) in [4.78, 5) is 12.5. The number of ether oxygens (including phenoxy) is 1. The van der Waals surface area contributed by atoms with Gasteiger partial charge in [-0.1, -0.05) is 29.8 Å². The molecule has 0 bridgehead atoms. The monoisotopic (exact) mass is 431 g/mol. The maximum Gasteiger partial charge on any atom is 0.234 e. The van der Waals surface area contributed by atoms with Crippen LogP contribution in [-0.4, -0.2) is 19.5 Å². The van der Waals surface area contributed by atoms with Gasteiger partial charge in [-0.15, -0.1) is 0 Å². The third-order valence-corrected chi connectivity index (χ3v) is 6.31. The van der Waals surface area contributed by atoms with E-state index < -0.39 is 5.41 Å². The van der Waals surface area contributed by atoms with Crippen molar-refractivity contribution in [2.45, 2.75) is 31.6 Å². The summed E-state index contributed by atoms with van der Waals surface area (Å²) in [6.45, 7) is 6.44. The molecule has 1 unspecified atom stereocenters. The quantitative estimate of drug-likeness (QED) is 0.566. The van der Waals surface area contributed by atoms with E-state index in [1.807, 2.05) is 26.1 Å². The van der Waals surface area contributed by atoms with E-state index in [9.17, 15) is 4.79 Å². The standard InChI is InChI=1S/C22H23Cl2N3O2/c1-12(25-3)11-26-13-9-15(23)20(16(24)10-13)29-18-7-6-17-19-14(18)5-4-8-22(19,2)21(28)27-17/h6-7,9-10,25-26H,1,4-5,8,11H2,2-3H3,(H,27,28). The molecule has 0 fully saturated rings. The summed E-state index contributed by atoms with van der Waals surface area (Å²) in [7, 11) is 1.82. The minimum absolute atomic E-state index is 0.0558. The lowest BCUT2D eigenvalue weighted by Gasteiger charge is -2.30. The van der Waals surface area contributed by atoms with Crippen LogP contribution in [0, 0.1) is 0 Å². The molecule has 1 heterocycles. The van der Waals surface area contributed by atoms with Crippen LogP contribution in [0.15, 0.2) is 36.5 Å². The Hall–Kier alpha value is -2.37. The molecule has 152 valence electrons. The van der Waals surface area contributed by atoms with Crippen molar-refractivity contribution in [2.24, 2.45) is 0 Å². The fourth-order valence-corrected chi connectivity index (χ4v) is 4.67. The van der Waals surface area contributed by atoms with Crippen LogP contribution >= 0.6 is 23.2 Å². The lowest BCUT2D eigenvalue weighted by atomic mass is 9.72. The molecule has 5 nitrogen and oxygen atoms in total. The van der Waals surface area contributed by atoms with Crippen LogP contribution in [0.25, 0.3) is 0 Å². The fraction of sp³-hybridized carbons (Fsp3) is 0.318. The van der Waals surface area contributed by atoms with Crippen molar-refractivity contribution in [3.63, 3.8) is 0 Å². The van der Waals surface area contributed by atoms with Crippen LogP contribution in [0.1, 0.15) is 30.9 Å². The Kier molecular flexibility index (Phi) is 5.13. The maximum absolute atomic E-state index is 12.5. The Morgan fingerprint density at radius 3 is 2.72 bits per heavy atom. The van der Waals surface area contributed by atoms with Gasteiger partial charge in [-0.2, -0.15) is 0 Å². The number of amides is 1. The highest BCUT2D eigenvalue weighted by molar-refractivity contribution is 6.37. The van der Waals surface area contributed by atoms with Crippen LogP contribution in [0.3, 0.4) is 0 Å². The molecule has 2 aromatic rings. The largest absolute Gasteiger partial charge is 0.454 e. The molecular weight excluding hydrogens is 409 g/mol. The average Bonchev–Trinajstić information content (AvgIpc) is 2.95. The molecule has 3 N–H and O–H groups in total. The third kappa shape index (κ3) is 3.43. The molecule has 0 saturated carbocycles. The summed E-state index contributed by atoms with van der Waals surface area (Å²) < 4.78 is 6.19. The van der Waals surface area contributed by atoms with Gasteiger partial charge < -0.3 is 20.7 Å². The summed E-state index contributed by atoms with van der Waals surface area (Å²) >= 11 is 13.0. The zero-order valence-electron chi connectivity index (χ0n) is 16.4. The van der Waals surface area contributed by atoms with Gasteiger partial charge in [-0.05, 0) is 56.0 Å². The predicted molar refractivity (Wildman–Crippen MR) is 119 cm³/mol. The van der Waals surface area contributed by atoms with Crippen LogP contribution in [0.5, 0.6) is 11.5 Å². The molecule has 1 aliphatic heterocycles.